The van der Waals surface area contributed by atoms with Crippen LogP contribution in [0.5, 0.6) is 0 Å². The molecule has 0 saturated heterocycles. The molecule has 0 aromatic heterocycles. The van der Waals surface area contributed by atoms with Crippen molar-refractivity contribution in [2.75, 3.05) is 0 Å². The zero-order valence-corrected chi connectivity index (χ0v) is 8.94. The van der Waals surface area contributed by atoms with Crippen molar-refractivity contribution in [2.45, 2.75) is 0 Å². The Kier molecular flexibility index (Phi) is 2.97. The zero-order chi connectivity index (χ0) is 9.80. The average Bonchev–Trinajstić information content (AvgIpc) is 2.74. The summed E-state index contributed by atoms with van der Waals surface area (Å²) >= 11 is 3.22. The first-order valence-electron chi connectivity index (χ1n) is 4.10. The van der Waals surface area contributed by atoms with E-state index in [1.54, 1.807) is 23.5 Å². The van der Waals surface area contributed by atoms with Gasteiger partial charge in [-0.1, -0.05) is 53.9 Å². The van der Waals surface area contributed by atoms with E-state index in [0.717, 1.165) is 15.4 Å². The van der Waals surface area contributed by atoms with Crippen LogP contribution in [0, 0.1) is 11.3 Å². The van der Waals surface area contributed by atoms with Gasteiger partial charge in [0.25, 0.3) is 0 Å². The molecule has 1 aliphatic heterocycles. The van der Waals surface area contributed by atoms with Gasteiger partial charge in [0.1, 0.15) is 6.07 Å². The number of rotatable bonds is 1. The molecule has 1 nitrogen and oxygen atoms in total. The van der Waals surface area contributed by atoms with Gasteiger partial charge < -0.3 is 0 Å². The molecule has 1 aliphatic rings. The topological polar surface area (TPSA) is 23.8 Å². The fourth-order valence-corrected chi connectivity index (χ4v) is 2.97. The molecule has 0 unspecified atom stereocenters. The monoisotopic (exact) mass is 217 g/mol. The number of nitriles is 1. The predicted octanol–water partition coefficient (Wildman–Crippen LogP) is 3.83. The van der Waals surface area contributed by atoms with Crippen molar-refractivity contribution in [1.82, 2.24) is 0 Å². The van der Waals surface area contributed by atoms with Crippen LogP contribution in [0.15, 0.2) is 45.4 Å². The molecular weight excluding hydrogens is 210 g/mol. The van der Waals surface area contributed by atoms with Crippen LogP contribution in [-0.2, 0) is 0 Å². The van der Waals surface area contributed by atoms with Gasteiger partial charge in [0.15, 0.2) is 0 Å². The standard InChI is InChI=1S/C11H7NS2/c12-8-10(11-13-6-7-14-11)9-4-2-1-3-5-9/h1-7H. The predicted molar refractivity (Wildman–Crippen MR) is 63.3 cm³/mol. The lowest BCUT2D eigenvalue weighted by atomic mass is 10.1. The van der Waals surface area contributed by atoms with Crippen LogP contribution in [0.4, 0.5) is 0 Å². The first kappa shape index (κ1) is 9.45. The summed E-state index contributed by atoms with van der Waals surface area (Å²) in [7, 11) is 0. The van der Waals surface area contributed by atoms with Crippen LogP contribution in [0.25, 0.3) is 5.57 Å². The number of hydrogen-bond acceptors (Lipinski definition) is 3. The summed E-state index contributed by atoms with van der Waals surface area (Å²) in [6.07, 6.45) is 0. The average molecular weight is 217 g/mol. The van der Waals surface area contributed by atoms with Gasteiger partial charge in [0, 0.05) is 0 Å². The second-order valence-corrected chi connectivity index (χ2v) is 4.74. The first-order chi connectivity index (χ1) is 6.92. The maximum absolute atomic E-state index is 9.08. The van der Waals surface area contributed by atoms with Crippen LogP contribution < -0.4 is 0 Å². The SMILES string of the molecule is N#CC(=C1SC=CS1)c1ccccc1. The van der Waals surface area contributed by atoms with E-state index >= 15 is 0 Å². The first-order valence-corrected chi connectivity index (χ1v) is 5.86. The molecule has 1 heterocycles. The van der Waals surface area contributed by atoms with E-state index in [4.69, 9.17) is 5.26 Å². The van der Waals surface area contributed by atoms with E-state index in [9.17, 15) is 0 Å². The number of thioether (sulfide) groups is 2. The van der Waals surface area contributed by atoms with Crippen molar-refractivity contribution >= 4 is 29.1 Å². The summed E-state index contributed by atoms with van der Waals surface area (Å²) in [6.45, 7) is 0. The Balaban J connectivity index is 2.41. The fraction of sp³-hybridized carbons (Fsp3) is 0. The molecule has 3 heteroatoms. The lowest BCUT2D eigenvalue weighted by molar-refractivity contribution is 1.52. The minimum Gasteiger partial charge on any atom is -0.192 e. The normalized spacial score (nSPS) is 14.1. The van der Waals surface area contributed by atoms with Crippen molar-refractivity contribution in [1.29, 1.82) is 5.26 Å². The maximum atomic E-state index is 9.08. The Bertz CT molecular complexity index is 416. The lowest BCUT2D eigenvalue weighted by Crippen LogP contribution is -1.81. The van der Waals surface area contributed by atoms with Crippen molar-refractivity contribution in [3.63, 3.8) is 0 Å². The fourth-order valence-electron chi connectivity index (χ4n) is 1.16. The van der Waals surface area contributed by atoms with Crippen molar-refractivity contribution in [3.05, 3.63) is 50.9 Å². The van der Waals surface area contributed by atoms with Gasteiger partial charge in [-0.15, -0.1) is 0 Å². The third kappa shape index (κ3) is 1.87. The molecule has 0 saturated carbocycles. The van der Waals surface area contributed by atoms with Gasteiger partial charge in [-0.05, 0) is 16.4 Å². The van der Waals surface area contributed by atoms with Crippen LogP contribution in [-0.4, -0.2) is 0 Å². The molecule has 2 rings (SSSR count). The molecule has 0 amide bonds. The minimum atomic E-state index is 0.769. The molecule has 14 heavy (non-hydrogen) atoms. The molecule has 0 radical (unpaired) electrons. The van der Waals surface area contributed by atoms with E-state index in [-0.39, 0.29) is 0 Å². The number of benzene rings is 1. The summed E-state index contributed by atoms with van der Waals surface area (Å²) in [5, 5.41) is 13.1. The second kappa shape index (κ2) is 4.41. The van der Waals surface area contributed by atoms with Crippen LogP contribution >= 0.6 is 23.5 Å². The molecule has 0 N–H and O–H groups in total. The molecular formula is C11H7NS2. The minimum absolute atomic E-state index is 0.769. The van der Waals surface area contributed by atoms with E-state index in [2.05, 4.69) is 6.07 Å². The smallest absolute Gasteiger partial charge is 0.102 e. The third-order valence-corrected chi connectivity index (χ3v) is 3.91. The molecule has 1 aromatic rings. The van der Waals surface area contributed by atoms with Gasteiger partial charge in [-0.2, -0.15) is 5.26 Å². The number of nitrogens with zero attached hydrogens (tertiary/aromatic N) is 1. The number of hydrogen-bond donors (Lipinski definition) is 0. The Morgan fingerprint density at radius 1 is 1.07 bits per heavy atom. The van der Waals surface area contributed by atoms with Crippen LogP contribution in [0.2, 0.25) is 0 Å². The summed E-state index contributed by atoms with van der Waals surface area (Å²) in [6, 6.07) is 12.0. The van der Waals surface area contributed by atoms with E-state index in [1.807, 2.05) is 41.1 Å². The van der Waals surface area contributed by atoms with Gasteiger partial charge in [0.2, 0.25) is 0 Å². The third-order valence-electron chi connectivity index (χ3n) is 1.78. The van der Waals surface area contributed by atoms with Gasteiger partial charge in [-0.25, -0.2) is 0 Å². The van der Waals surface area contributed by atoms with Crippen LogP contribution in [0.1, 0.15) is 5.56 Å². The molecule has 0 atom stereocenters. The Morgan fingerprint density at radius 2 is 1.71 bits per heavy atom. The van der Waals surface area contributed by atoms with Gasteiger partial charge in [-0.3, -0.25) is 0 Å². The highest BCUT2D eigenvalue weighted by atomic mass is 32.2. The van der Waals surface area contributed by atoms with Crippen molar-refractivity contribution in [2.24, 2.45) is 0 Å². The van der Waals surface area contributed by atoms with Crippen LogP contribution in [0.3, 0.4) is 0 Å². The van der Waals surface area contributed by atoms with Gasteiger partial charge in [0.05, 0.1) is 9.81 Å². The quantitative estimate of drug-likeness (QED) is 0.668. The largest absolute Gasteiger partial charge is 0.192 e. The molecule has 1 aromatic carbocycles. The van der Waals surface area contributed by atoms with E-state index in [1.165, 1.54) is 0 Å². The van der Waals surface area contributed by atoms with E-state index < -0.39 is 0 Å². The molecule has 0 fully saturated rings. The Morgan fingerprint density at radius 3 is 2.29 bits per heavy atom. The number of allylic oxidation sites excluding steroid dienone is 1. The summed E-state index contributed by atoms with van der Waals surface area (Å²) in [5.74, 6) is 0. The zero-order valence-electron chi connectivity index (χ0n) is 7.31. The highest BCUT2D eigenvalue weighted by Gasteiger charge is 2.11. The van der Waals surface area contributed by atoms with Crippen molar-refractivity contribution < 1.29 is 0 Å². The summed E-state index contributed by atoms with van der Waals surface area (Å²) < 4.78 is 1.07. The highest BCUT2D eigenvalue weighted by Crippen LogP contribution is 2.42. The Hall–Kier alpha value is -1.11. The Labute approximate surface area is 91.5 Å². The molecule has 68 valence electrons. The molecule has 0 spiro atoms. The highest BCUT2D eigenvalue weighted by molar-refractivity contribution is 8.27. The summed E-state index contributed by atoms with van der Waals surface area (Å²) in [4.78, 5) is 0. The van der Waals surface area contributed by atoms with Gasteiger partial charge >= 0.3 is 0 Å². The van der Waals surface area contributed by atoms with E-state index in [0.29, 0.717) is 0 Å². The van der Waals surface area contributed by atoms with Crippen molar-refractivity contribution in [3.8, 4) is 6.07 Å². The molecule has 0 aliphatic carbocycles. The molecule has 0 bridgehead atoms. The lowest BCUT2D eigenvalue weighted by Gasteiger charge is -2.01. The second-order valence-electron chi connectivity index (χ2n) is 2.65. The summed E-state index contributed by atoms with van der Waals surface area (Å²) in [5.41, 5.74) is 1.76. The maximum Gasteiger partial charge on any atom is 0.102 e.